The fourth-order valence-corrected chi connectivity index (χ4v) is 1.95. The Hall–Kier alpha value is -1.62. The zero-order valence-electron chi connectivity index (χ0n) is 9.48. The van der Waals surface area contributed by atoms with Crippen molar-refractivity contribution in [3.63, 3.8) is 0 Å². The van der Waals surface area contributed by atoms with Crippen molar-refractivity contribution >= 4 is 22.2 Å². The number of nitrogens with zero attached hydrogens (tertiary/aromatic N) is 2. The molecule has 5 heteroatoms. The molecule has 0 spiro atoms. The summed E-state index contributed by atoms with van der Waals surface area (Å²) in [5.74, 6) is 0.774. The molecule has 0 aliphatic rings. The number of carbonyl (C=O) groups is 1. The van der Waals surface area contributed by atoms with Crippen LogP contribution in [0.4, 0.5) is 0 Å². The molecular formula is C12H11BrN2O2. The summed E-state index contributed by atoms with van der Waals surface area (Å²) in [5, 5.41) is 4.30. The summed E-state index contributed by atoms with van der Waals surface area (Å²) in [6.07, 6.45) is 0.802. The average molecular weight is 295 g/mol. The van der Waals surface area contributed by atoms with Crippen LogP contribution in [0, 0.1) is 0 Å². The van der Waals surface area contributed by atoms with Crippen LogP contribution in [0.1, 0.15) is 10.4 Å². The zero-order valence-corrected chi connectivity index (χ0v) is 11.1. The Labute approximate surface area is 107 Å². The quantitative estimate of drug-likeness (QED) is 0.818. The van der Waals surface area contributed by atoms with Crippen LogP contribution in [0.3, 0.4) is 0 Å². The van der Waals surface area contributed by atoms with E-state index in [4.69, 9.17) is 4.74 Å². The van der Waals surface area contributed by atoms with Crippen molar-refractivity contribution in [1.29, 1.82) is 0 Å². The van der Waals surface area contributed by atoms with Gasteiger partial charge >= 0.3 is 0 Å². The second-order valence-electron chi connectivity index (χ2n) is 3.52. The van der Waals surface area contributed by atoms with Crippen molar-refractivity contribution in [2.24, 2.45) is 7.05 Å². The van der Waals surface area contributed by atoms with Gasteiger partial charge < -0.3 is 4.74 Å². The summed E-state index contributed by atoms with van der Waals surface area (Å²) in [6, 6.07) is 7.43. The highest BCUT2D eigenvalue weighted by atomic mass is 79.9. The Morgan fingerprint density at radius 2 is 2.00 bits per heavy atom. The minimum absolute atomic E-state index is 0.553. The standard InChI is InChI=1S/C12H11BrN2O2/c1-15-12(13)10(7-16)11(14-15)8-3-5-9(17-2)6-4-8/h3-7H,1-2H3. The normalized spacial score (nSPS) is 10.3. The second kappa shape index (κ2) is 4.71. The molecule has 0 aliphatic carbocycles. The van der Waals surface area contributed by atoms with E-state index in [2.05, 4.69) is 21.0 Å². The number of aromatic nitrogens is 2. The van der Waals surface area contributed by atoms with E-state index < -0.39 is 0 Å². The maximum atomic E-state index is 11.0. The first-order chi connectivity index (χ1) is 8.17. The van der Waals surface area contributed by atoms with E-state index in [-0.39, 0.29) is 0 Å². The molecule has 4 nitrogen and oxygen atoms in total. The summed E-state index contributed by atoms with van der Waals surface area (Å²) in [7, 11) is 3.40. The fraction of sp³-hybridized carbons (Fsp3) is 0.167. The number of halogens is 1. The van der Waals surface area contributed by atoms with E-state index in [9.17, 15) is 4.79 Å². The molecule has 2 rings (SSSR count). The van der Waals surface area contributed by atoms with E-state index in [0.717, 1.165) is 17.6 Å². The van der Waals surface area contributed by atoms with Crippen LogP contribution in [0.5, 0.6) is 5.75 Å². The molecule has 0 bridgehead atoms. The van der Waals surface area contributed by atoms with Crippen molar-refractivity contribution in [2.75, 3.05) is 7.11 Å². The number of hydrogen-bond donors (Lipinski definition) is 0. The van der Waals surface area contributed by atoms with Crippen molar-refractivity contribution in [1.82, 2.24) is 9.78 Å². The SMILES string of the molecule is COc1ccc(-c2nn(C)c(Br)c2C=O)cc1. The third-order valence-corrected chi connectivity index (χ3v) is 3.43. The van der Waals surface area contributed by atoms with Crippen LogP contribution in [0.15, 0.2) is 28.9 Å². The molecule has 17 heavy (non-hydrogen) atoms. The predicted octanol–water partition coefficient (Wildman–Crippen LogP) is 2.67. The van der Waals surface area contributed by atoms with Crippen molar-refractivity contribution in [2.45, 2.75) is 0 Å². The number of rotatable bonds is 3. The lowest BCUT2D eigenvalue weighted by atomic mass is 10.1. The third kappa shape index (κ3) is 2.10. The van der Waals surface area contributed by atoms with Crippen LogP contribution in [0.2, 0.25) is 0 Å². The Kier molecular flexibility index (Phi) is 3.28. The lowest BCUT2D eigenvalue weighted by Crippen LogP contribution is -1.90. The molecule has 0 unspecified atom stereocenters. The van der Waals surface area contributed by atoms with Gasteiger partial charge in [0.15, 0.2) is 6.29 Å². The number of methoxy groups -OCH3 is 1. The molecule has 0 atom stereocenters. The van der Waals surface area contributed by atoms with Crippen LogP contribution < -0.4 is 4.74 Å². The number of aryl methyl sites for hydroxylation is 1. The van der Waals surface area contributed by atoms with Gasteiger partial charge in [0.05, 0.1) is 12.7 Å². The minimum atomic E-state index is 0.553. The van der Waals surface area contributed by atoms with Crippen LogP contribution in [0.25, 0.3) is 11.3 Å². The summed E-state index contributed by atoms with van der Waals surface area (Å²) in [5.41, 5.74) is 2.10. The molecule has 0 amide bonds. The van der Waals surface area contributed by atoms with Crippen LogP contribution >= 0.6 is 15.9 Å². The van der Waals surface area contributed by atoms with Gasteiger partial charge in [-0.25, -0.2) is 0 Å². The van der Waals surface area contributed by atoms with Gasteiger partial charge in [0, 0.05) is 12.6 Å². The second-order valence-corrected chi connectivity index (χ2v) is 4.27. The zero-order chi connectivity index (χ0) is 12.4. The first-order valence-electron chi connectivity index (χ1n) is 4.99. The number of hydrogen-bond acceptors (Lipinski definition) is 3. The monoisotopic (exact) mass is 294 g/mol. The smallest absolute Gasteiger partial charge is 0.155 e. The van der Waals surface area contributed by atoms with E-state index in [1.54, 1.807) is 18.8 Å². The molecular weight excluding hydrogens is 284 g/mol. The van der Waals surface area contributed by atoms with Crippen molar-refractivity contribution in [3.8, 4) is 17.0 Å². The highest BCUT2D eigenvalue weighted by Crippen LogP contribution is 2.28. The average Bonchev–Trinajstić information content (AvgIpc) is 2.65. The van der Waals surface area contributed by atoms with Crippen molar-refractivity contribution < 1.29 is 9.53 Å². The number of carbonyl (C=O) groups excluding carboxylic acids is 1. The van der Waals surface area contributed by atoms with Crippen LogP contribution in [-0.4, -0.2) is 23.2 Å². The van der Waals surface area contributed by atoms with Gasteiger partial charge in [-0.1, -0.05) is 0 Å². The maximum Gasteiger partial charge on any atom is 0.155 e. The Balaban J connectivity index is 2.52. The molecule has 0 saturated heterocycles. The van der Waals surface area contributed by atoms with Crippen LogP contribution in [-0.2, 0) is 7.05 Å². The van der Waals surface area contributed by atoms with E-state index >= 15 is 0 Å². The number of aldehydes is 1. The van der Waals surface area contributed by atoms with E-state index in [0.29, 0.717) is 15.9 Å². The van der Waals surface area contributed by atoms with Gasteiger partial charge in [0.25, 0.3) is 0 Å². The summed E-state index contributed by atoms with van der Waals surface area (Å²) in [4.78, 5) is 11.0. The topological polar surface area (TPSA) is 44.1 Å². The summed E-state index contributed by atoms with van der Waals surface area (Å²) >= 11 is 3.33. The van der Waals surface area contributed by atoms with Gasteiger partial charge in [-0.3, -0.25) is 9.48 Å². The van der Waals surface area contributed by atoms with E-state index in [1.165, 1.54) is 0 Å². The molecule has 0 N–H and O–H groups in total. The molecule has 1 aromatic heterocycles. The molecule has 0 aliphatic heterocycles. The third-order valence-electron chi connectivity index (χ3n) is 2.49. The molecule has 88 valence electrons. The number of ether oxygens (including phenoxy) is 1. The van der Waals surface area contributed by atoms with Gasteiger partial charge in [0.2, 0.25) is 0 Å². The van der Waals surface area contributed by atoms with Crippen molar-refractivity contribution in [3.05, 3.63) is 34.4 Å². The Bertz CT molecular complexity index is 546. The lowest BCUT2D eigenvalue weighted by Gasteiger charge is -2.01. The highest BCUT2D eigenvalue weighted by molar-refractivity contribution is 9.10. The van der Waals surface area contributed by atoms with Gasteiger partial charge in [0.1, 0.15) is 16.0 Å². The predicted molar refractivity (Wildman–Crippen MR) is 68.3 cm³/mol. The molecule has 1 aromatic carbocycles. The summed E-state index contributed by atoms with van der Waals surface area (Å²) < 4.78 is 7.39. The lowest BCUT2D eigenvalue weighted by molar-refractivity contribution is 0.112. The number of benzene rings is 1. The molecule has 0 fully saturated rings. The Morgan fingerprint density at radius 3 is 2.53 bits per heavy atom. The molecule has 0 radical (unpaired) electrons. The maximum absolute atomic E-state index is 11.0. The minimum Gasteiger partial charge on any atom is -0.497 e. The summed E-state index contributed by atoms with van der Waals surface area (Å²) in [6.45, 7) is 0. The molecule has 1 heterocycles. The van der Waals surface area contributed by atoms with Gasteiger partial charge in [-0.15, -0.1) is 0 Å². The first kappa shape index (κ1) is 11.9. The van der Waals surface area contributed by atoms with Gasteiger partial charge in [-0.05, 0) is 40.2 Å². The largest absolute Gasteiger partial charge is 0.497 e. The first-order valence-corrected chi connectivity index (χ1v) is 5.78. The highest BCUT2D eigenvalue weighted by Gasteiger charge is 2.14. The fourth-order valence-electron chi connectivity index (χ4n) is 1.59. The Morgan fingerprint density at radius 1 is 1.35 bits per heavy atom. The van der Waals surface area contributed by atoms with E-state index in [1.807, 2.05) is 24.3 Å². The molecule has 0 saturated carbocycles. The van der Waals surface area contributed by atoms with Gasteiger partial charge in [-0.2, -0.15) is 5.10 Å². The molecule has 2 aromatic rings.